The van der Waals surface area contributed by atoms with E-state index in [-0.39, 0.29) is 95.2 Å². The van der Waals surface area contributed by atoms with Crippen LogP contribution in [-0.2, 0) is 24.9 Å². The van der Waals surface area contributed by atoms with Crippen molar-refractivity contribution in [3.05, 3.63) is 202 Å². The summed E-state index contributed by atoms with van der Waals surface area (Å²) < 4.78 is 63.1. The number of halogens is 3. The van der Waals surface area contributed by atoms with Gasteiger partial charge in [0.15, 0.2) is 11.5 Å². The van der Waals surface area contributed by atoms with Gasteiger partial charge in [0.1, 0.15) is 29.7 Å². The van der Waals surface area contributed by atoms with Gasteiger partial charge in [-0.3, -0.25) is 53.6 Å². The number of nitro groups is 2. The smallest absolute Gasteiger partial charge is 0.406 e. The number of nitrogens with zero attached hydrogens (tertiary/aromatic N) is 11. The molecule has 9 heterocycles. The molecule has 6 aromatic heterocycles. The first-order chi connectivity index (χ1) is 44.9. The second-order valence-electron chi connectivity index (χ2n) is 23.5. The molecule has 0 unspecified atom stereocenters. The van der Waals surface area contributed by atoms with Crippen molar-refractivity contribution >= 4 is 84.8 Å². The molecule has 492 valence electrons. The van der Waals surface area contributed by atoms with Gasteiger partial charge in [0, 0.05) is 108 Å². The Kier molecular flexibility index (Phi) is 19.3. The summed E-state index contributed by atoms with van der Waals surface area (Å²) in [7, 11) is 1.65. The molecule has 3 aliphatic heterocycles. The Morgan fingerprint density at radius 1 is 0.521 bits per heavy atom. The Labute approximate surface area is 533 Å². The Bertz CT molecular complexity index is 4300. The number of fused-ring (bicyclic) bond motifs is 3. The van der Waals surface area contributed by atoms with E-state index in [1.54, 1.807) is 52.9 Å². The first-order valence-electron chi connectivity index (χ1n) is 30.0. The summed E-state index contributed by atoms with van der Waals surface area (Å²) in [6.07, 6.45) is 0.989. The summed E-state index contributed by atoms with van der Waals surface area (Å²) in [4.78, 5) is 122. The number of amides is 3. The van der Waals surface area contributed by atoms with Crippen LogP contribution in [0.1, 0.15) is 69.5 Å². The van der Waals surface area contributed by atoms with Crippen LogP contribution in [0.4, 0.5) is 41.6 Å². The zero-order valence-electron chi connectivity index (χ0n) is 51.9. The van der Waals surface area contributed by atoms with Crippen molar-refractivity contribution in [1.29, 1.82) is 0 Å². The van der Waals surface area contributed by atoms with E-state index in [2.05, 4.69) is 0 Å². The fourth-order valence-corrected chi connectivity index (χ4v) is 12.0. The summed E-state index contributed by atoms with van der Waals surface area (Å²) >= 11 is 0. The third-order valence-electron chi connectivity index (χ3n) is 16.2. The van der Waals surface area contributed by atoms with E-state index < -0.39 is 51.0 Å². The summed E-state index contributed by atoms with van der Waals surface area (Å²) in [5.74, 6) is -0.855. The van der Waals surface area contributed by atoms with E-state index in [4.69, 9.17) is 18.0 Å². The molecule has 0 aliphatic carbocycles. The van der Waals surface area contributed by atoms with Crippen LogP contribution in [0.2, 0.25) is 0 Å². The number of carbonyl (C=O) groups excluding carboxylic acids is 4. The molecule has 0 bridgehead atoms. The molecule has 12 rings (SSSR count). The van der Waals surface area contributed by atoms with Crippen molar-refractivity contribution in [2.75, 3.05) is 99.8 Å². The highest BCUT2D eigenvalue weighted by Gasteiger charge is 2.38. The molecule has 3 amide bonds. The lowest BCUT2D eigenvalue weighted by Gasteiger charge is -2.37. The largest absolute Gasteiger partial charge is 0.472 e. The van der Waals surface area contributed by atoms with Crippen molar-refractivity contribution < 1.29 is 60.2 Å². The maximum atomic E-state index is 13.3. The van der Waals surface area contributed by atoms with E-state index in [1.807, 2.05) is 79.1 Å². The molecule has 29 heteroatoms. The number of hydrogen-bond acceptors (Lipinski definition) is 18. The highest BCUT2D eigenvalue weighted by molar-refractivity contribution is 6.06. The molecule has 94 heavy (non-hydrogen) atoms. The third-order valence-corrected chi connectivity index (χ3v) is 16.2. The number of pyridine rings is 3. The maximum Gasteiger partial charge on any atom is 0.406 e. The Hall–Kier alpha value is -11.0. The summed E-state index contributed by atoms with van der Waals surface area (Å²) in [6.45, 7) is 10.7. The normalized spacial score (nSPS) is 14.6. The number of aromatic nitrogens is 3. The minimum atomic E-state index is -4.74. The predicted octanol–water partition coefficient (Wildman–Crippen LogP) is 8.81. The van der Waals surface area contributed by atoms with Gasteiger partial charge < -0.3 is 56.5 Å². The fourth-order valence-electron chi connectivity index (χ4n) is 12.0. The number of ether oxygens (including phenoxy) is 1. The van der Waals surface area contributed by atoms with Crippen LogP contribution < -0.4 is 31.4 Å². The van der Waals surface area contributed by atoms with Gasteiger partial charge in [0.05, 0.1) is 63.0 Å². The van der Waals surface area contributed by atoms with Gasteiger partial charge in [-0.05, 0) is 60.9 Å². The van der Waals surface area contributed by atoms with Crippen LogP contribution in [0.15, 0.2) is 156 Å². The SMILES string of the molecule is CC(C)(C)Cn1c(=O)c([N+](=O)[O-])c(N2CCN(C(=O)c3ccco3)CC2)c2ccccc21.CCOC(=O)c1c(N2CCN(C(=O)c3ccoc3)CC2)c2ccccc2n(C)c1=O.O=C(c1ccco1)N1CCN(c2c([N+](=O)[O-])c(=O)n(CC(F)(F)F)c3ccccc23)CC1. The standard InChI is InChI=1S/C23H26N4O5.C22H23N3O5.C20H17F3N4O5/c1-23(2,3)15-26-17-8-5-4-7-16(17)19(20(22(26)29)27(30)31)24-10-12-25(13-11-24)21(28)18-9-6-14-32-18;1-3-30-22(28)18-19(16-6-4-5-7-17(16)23(2)21(18)27)24-9-11-25(12-10-24)20(26)15-8-13-29-14-15;21-20(22,23)12-26-14-5-2-1-4-13(14)16(17(19(26)29)27(30)31)24-7-9-25(10-8-24)18(28)15-6-3-11-32-15/h4-9,14H,10-13,15H2,1-3H3;4-8,13-14H,3,9-12H2,1-2H3;1-6,11H,7-10,12H2. The van der Waals surface area contributed by atoms with Crippen LogP contribution in [0, 0.1) is 25.6 Å². The van der Waals surface area contributed by atoms with Crippen LogP contribution in [0.3, 0.4) is 0 Å². The quantitative estimate of drug-likeness (QED) is 0.0627. The highest BCUT2D eigenvalue weighted by atomic mass is 19.4. The lowest BCUT2D eigenvalue weighted by molar-refractivity contribution is -0.385. The summed E-state index contributed by atoms with van der Waals surface area (Å²) in [5.41, 5.74) is -1.14. The first kappa shape index (κ1) is 65.9. The van der Waals surface area contributed by atoms with Crippen molar-refractivity contribution in [2.45, 2.75) is 47.0 Å². The predicted molar refractivity (Wildman–Crippen MR) is 341 cm³/mol. The number of carbonyl (C=O) groups is 4. The molecular weight excluding hydrogens is 1230 g/mol. The number of furan rings is 3. The van der Waals surface area contributed by atoms with Crippen molar-refractivity contribution in [2.24, 2.45) is 12.5 Å². The molecule has 26 nitrogen and oxygen atoms in total. The minimum Gasteiger partial charge on any atom is -0.472 e. The minimum absolute atomic E-state index is 0.0349. The van der Waals surface area contributed by atoms with Gasteiger partial charge in [-0.25, -0.2) is 4.79 Å². The van der Waals surface area contributed by atoms with E-state index >= 15 is 0 Å². The van der Waals surface area contributed by atoms with E-state index in [0.29, 0.717) is 91.3 Å². The average Bonchev–Trinajstić information content (AvgIpc) is 0.913. The molecule has 0 spiro atoms. The van der Waals surface area contributed by atoms with Crippen LogP contribution in [0.5, 0.6) is 0 Å². The number of esters is 1. The molecule has 3 saturated heterocycles. The lowest BCUT2D eigenvalue weighted by atomic mass is 9.96. The highest BCUT2D eigenvalue weighted by Crippen LogP contribution is 2.38. The number of rotatable bonds is 12. The molecule has 0 radical (unpaired) electrons. The van der Waals surface area contributed by atoms with E-state index in [0.717, 1.165) is 10.9 Å². The number of para-hydroxylation sites is 3. The fraction of sp³-hybridized carbons (Fsp3) is 0.338. The number of hydrogen-bond donors (Lipinski definition) is 0. The van der Waals surface area contributed by atoms with Crippen molar-refractivity contribution in [3.63, 3.8) is 0 Å². The average molecular weight is 1300 g/mol. The zero-order chi connectivity index (χ0) is 67.3. The van der Waals surface area contributed by atoms with Crippen LogP contribution in [0.25, 0.3) is 32.7 Å². The van der Waals surface area contributed by atoms with Gasteiger partial charge in [-0.2, -0.15) is 13.2 Å². The Morgan fingerprint density at radius 2 is 0.926 bits per heavy atom. The van der Waals surface area contributed by atoms with E-state index in [1.165, 1.54) is 69.4 Å². The van der Waals surface area contributed by atoms with Gasteiger partial charge >= 0.3 is 34.6 Å². The third kappa shape index (κ3) is 13.8. The molecule has 3 aromatic carbocycles. The molecular formula is C65H66F3N11O15. The molecule has 0 saturated carbocycles. The van der Waals surface area contributed by atoms with Crippen molar-refractivity contribution in [3.8, 4) is 0 Å². The number of aryl methyl sites for hydroxylation is 1. The molecule has 9 aromatic rings. The number of anilines is 3. The first-order valence-corrected chi connectivity index (χ1v) is 30.0. The van der Waals surface area contributed by atoms with Crippen molar-refractivity contribution in [1.82, 2.24) is 28.4 Å². The maximum absolute atomic E-state index is 13.3. The van der Waals surface area contributed by atoms with E-state index in [9.17, 15) is 67.0 Å². The topological polar surface area (TPSA) is 289 Å². The second kappa shape index (κ2) is 27.4. The number of piperazine rings is 3. The Morgan fingerprint density at radius 3 is 1.31 bits per heavy atom. The van der Waals surface area contributed by atoms with Crippen LogP contribution >= 0.6 is 0 Å². The molecule has 3 aliphatic rings. The van der Waals surface area contributed by atoms with Gasteiger partial charge in [-0.15, -0.1) is 0 Å². The lowest BCUT2D eigenvalue weighted by Crippen LogP contribution is -2.49. The second-order valence-corrected chi connectivity index (χ2v) is 23.5. The molecule has 0 atom stereocenters. The van der Waals surface area contributed by atoms with Crippen LogP contribution in [-0.4, -0.2) is 153 Å². The molecule has 0 N–H and O–H groups in total. The summed E-state index contributed by atoms with van der Waals surface area (Å²) in [6, 6.07) is 28.6. The number of benzene rings is 3. The molecule has 3 fully saturated rings. The van der Waals surface area contributed by atoms with Gasteiger partial charge in [-0.1, -0.05) is 75.4 Å². The number of alkyl halides is 3. The summed E-state index contributed by atoms with van der Waals surface area (Å²) in [5, 5.41) is 25.5. The zero-order valence-corrected chi connectivity index (χ0v) is 51.9. The monoisotopic (exact) mass is 1300 g/mol. The van der Waals surface area contributed by atoms with Gasteiger partial charge in [0.2, 0.25) is 0 Å². The Balaban J connectivity index is 0.000000154. The van der Waals surface area contributed by atoms with Gasteiger partial charge in [0.25, 0.3) is 23.3 Å².